The van der Waals surface area contributed by atoms with Gasteiger partial charge in [-0.25, -0.2) is 4.98 Å². The highest BCUT2D eigenvalue weighted by atomic mass is 127. The van der Waals surface area contributed by atoms with Gasteiger partial charge in [-0.3, -0.25) is 4.99 Å². The van der Waals surface area contributed by atoms with Crippen LogP contribution in [0, 0.1) is 0 Å². The topological polar surface area (TPSA) is 83.3 Å². The van der Waals surface area contributed by atoms with E-state index in [1.54, 1.807) is 18.4 Å². The molecule has 0 atom stereocenters. The van der Waals surface area contributed by atoms with Crippen molar-refractivity contribution in [2.45, 2.75) is 51.6 Å². The van der Waals surface area contributed by atoms with Crippen LogP contribution in [0.5, 0.6) is 0 Å². The summed E-state index contributed by atoms with van der Waals surface area (Å²) in [5.74, 6) is 3.08. The first-order valence-corrected chi connectivity index (χ1v) is 10.5. The monoisotopic (exact) mass is 518 g/mol. The normalized spacial score (nSPS) is 14.0. The Morgan fingerprint density at radius 2 is 2.11 bits per heavy atom. The van der Waals surface area contributed by atoms with Crippen molar-refractivity contribution in [2.75, 3.05) is 32.6 Å². The van der Waals surface area contributed by atoms with Crippen LogP contribution in [0.25, 0.3) is 0 Å². The Morgan fingerprint density at radius 1 is 1.25 bits per heavy atom. The molecular formula is C18H31IN8S. The van der Waals surface area contributed by atoms with Crippen molar-refractivity contribution in [3.05, 3.63) is 22.7 Å². The number of fused-ring (bicyclic) bond motifs is 1. The van der Waals surface area contributed by atoms with Crippen molar-refractivity contribution >= 4 is 46.4 Å². The van der Waals surface area contributed by atoms with Crippen LogP contribution in [0.1, 0.15) is 43.0 Å². The molecule has 3 rings (SSSR count). The second kappa shape index (κ2) is 11.5. The van der Waals surface area contributed by atoms with Gasteiger partial charge in [-0.1, -0.05) is 6.42 Å². The minimum absolute atomic E-state index is 0. The minimum atomic E-state index is 0. The summed E-state index contributed by atoms with van der Waals surface area (Å²) in [6.07, 6.45) is 6.76. The highest BCUT2D eigenvalue weighted by molar-refractivity contribution is 14.0. The predicted octanol–water partition coefficient (Wildman–Crippen LogP) is 2.44. The average molecular weight is 518 g/mol. The summed E-state index contributed by atoms with van der Waals surface area (Å²) in [6, 6.07) is 0. The fraction of sp³-hybridized carbons (Fsp3) is 0.667. The van der Waals surface area contributed by atoms with E-state index < -0.39 is 0 Å². The molecule has 2 aromatic rings. The summed E-state index contributed by atoms with van der Waals surface area (Å²) in [5.41, 5.74) is 1.03. The van der Waals surface area contributed by atoms with Crippen LogP contribution < -0.4 is 15.5 Å². The van der Waals surface area contributed by atoms with Crippen LogP contribution in [0.3, 0.4) is 0 Å². The van der Waals surface area contributed by atoms with Gasteiger partial charge in [-0.05, 0) is 19.3 Å². The van der Waals surface area contributed by atoms with E-state index in [1.165, 1.54) is 19.3 Å². The fourth-order valence-corrected chi connectivity index (χ4v) is 3.92. The van der Waals surface area contributed by atoms with E-state index in [0.29, 0.717) is 6.54 Å². The van der Waals surface area contributed by atoms with Gasteiger partial charge in [0, 0.05) is 52.5 Å². The summed E-state index contributed by atoms with van der Waals surface area (Å²) in [7, 11) is 5.80. The third-order valence-electron chi connectivity index (χ3n) is 4.64. The lowest BCUT2D eigenvalue weighted by molar-refractivity contribution is 0.594. The number of hydrogen-bond acceptors (Lipinski definition) is 6. The summed E-state index contributed by atoms with van der Waals surface area (Å²) >= 11 is 1.65. The molecule has 1 aliphatic rings. The molecule has 0 bridgehead atoms. The van der Waals surface area contributed by atoms with Gasteiger partial charge in [0.2, 0.25) is 0 Å². The van der Waals surface area contributed by atoms with E-state index in [2.05, 4.69) is 40.8 Å². The zero-order chi connectivity index (χ0) is 19.1. The number of hydrogen-bond donors (Lipinski definition) is 2. The van der Waals surface area contributed by atoms with Crippen LogP contribution >= 0.6 is 35.3 Å². The Bertz CT molecular complexity index is 755. The Balaban J connectivity index is 0.00000280. The molecule has 0 aliphatic carbocycles. The molecule has 8 nitrogen and oxygen atoms in total. The maximum absolute atomic E-state index is 4.58. The van der Waals surface area contributed by atoms with Crippen LogP contribution in [-0.4, -0.2) is 53.4 Å². The van der Waals surface area contributed by atoms with E-state index >= 15 is 0 Å². The molecule has 28 heavy (non-hydrogen) atoms. The van der Waals surface area contributed by atoms with E-state index in [9.17, 15) is 0 Å². The highest BCUT2D eigenvalue weighted by Crippen LogP contribution is 2.17. The Labute approximate surface area is 188 Å². The van der Waals surface area contributed by atoms with Gasteiger partial charge in [-0.2, -0.15) is 0 Å². The van der Waals surface area contributed by atoms with E-state index in [0.717, 1.165) is 60.8 Å². The van der Waals surface area contributed by atoms with Gasteiger partial charge in [-0.15, -0.1) is 45.5 Å². The molecule has 0 spiro atoms. The third-order valence-corrected chi connectivity index (χ3v) is 5.70. The zero-order valence-electron chi connectivity index (χ0n) is 16.9. The largest absolute Gasteiger partial charge is 0.356 e. The fourth-order valence-electron chi connectivity index (χ4n) is 3.16. The first-order chi connectivity index (χ1) is 13.2. The van der Waals surface area contributed by atoms with Gasteiger partial charge in [0.15, 0.2) is 11.1 Å². The van der Waals surface area contributed by atoms with E-state index in [1.807, 2.05) is 19.0 Å². The van der Waals surface area contributed by atoms with Crippen LogP contribution in [0.2, 0.25) is 0 Å². The summed E-state index contributed by atoms with van der Waals surface area (Å²) < 4.78 is 2.32. The lowest BCUT2D eigenvalue weighted by Crippen LogP contribution is -2.37. The van der Waals surface area contributed by atoms with Gasteiger partial charge in [0.25, 0.3) is 0 Å². The Morgan fingerprint density at radius 3 is 2.86 bits per heavy atom. The van der Waals surface area contributed by atoms with E-state index in [4.69, 9.17) is 0 Å². The lowest BCUT2D eigenvalue weighted by atomic mass is 10.2. The first-order valence-electron chi connectivity index (χ1n) is 9.64. The number of nitrogens with zero attached hydrogens (tertiary/aromatic N) is 6. The first kappa shape index (κ1) is 22.9. The standard InChI is InChI=1S/C18H30N8S.HI/c1-19-17(21-12-14-13-27-18(22-14)25(2)3)20-10-7-9-16-24-23-15-8-5-4-6-11-26(15)16;/h13H,4-12H2,1-3H3,(H2,19,20,21);1H. The summed E-state index contributed by atoms with van der Waals surface area (Å²) in [5, 5.41) is 18.6. The molecule has 0 saturated heterocycles. The number of aryl methyl sites for hydroxylation is 2. The molecule has 156 valence electrons. The quantitative estimate of drug-likeness (QED) is 0.254. The molecule has 3 heterocycles. The number of aromatic nitrogens is 4. The number of rotatable bonds is 7. The number of halogens is 1. The van der Waals surface area contributed by atoms with Gasteiger partial charge in [0.05, 0.1) is 12.2 Å². The molecule has 0 aromatic carbocycles. The molecule has 2 aromatic heterocycles. The third kappa shape index (κ3) is 6.29. The number of thiazole rings is 1. The lowest BCUT2D eigenvalue weighted by Gasteiger charge is -2.11. The average Bonchev–Trinajstić information content (AvgIpc) is 3.22. The summed E-state index contributed by atoms with van der Waals surface area (Å²) in [4.78, 5) is 10.9. The second-order valence-corrected chi connectivity index (χ2v) is 7.80. The Kier molecular flexibility index (Phi) is 9.42. The van der Waals surface area contributed by atoms with Crippen molar-refractivity contribution in [3.8, 4) is 0 Å². The molecule has 0 fully saturated rings. The van der Waals surface area contributed by atoms with Crippen LogP contribution in [0.4, 0.5) is 5.13 Å². The number of guanidine groups is 1. The number of nitrogens with one attached hydrogen (secondary N) is 2. The molecular weight excluding hydrogens is 487 g/mol. The van der Waals surface area contributed by atoms with Crippen LogP contribution in [0.15, 0.2) is 10.4 Å². The van der Waals surface area contributed by atoms with Crippen LogP contribution in [-0.2, 0) is 25.9 Å². The molecule has 0 unspecified atom stereocenters. The van der Waals surface area contributed by atoms with E-state index in [-0.39, 0.29) is 24.0 Å². The molecule has 0 radical (unpaired) electrons. The number of aliphatic imine (C=N–C) groups is 1. The highest BCUT2D eigenvalue weighted by Gasteiger charge is 2.14. The van der Waals surface area contributed by atoms with Gasteiger partial charge >= 0.3 is 0 Å². The predicted molar refractivity (Wildman–Crippen MR) is 126 cm³/mol. The molecule has 1 aliphatic heterocycles. The van der Waals surface area contributed by atoms with Crippen molar-refractivity contribution in [2.24, 2.45) is 4.99 Å². The maximum Gasteiger partial charge on any atom is 0.191 e. The molecule has 2 N–H and O–H groups in total. The Hall–Kier alpha value is -1.43. The zero-order valence-corrected chi connectivity index (χ0v) is 20.1. The van der Waals surface area contributed by atoms with Crippen molar-refractivity contribution in [1.29, 1.82) is 0 Å². The molecule has 0 saturated carbocycles. The van der Waals surface area contributed by atoms with Crippen molar-refractivity contribution in [3.63, 3.8) is 0 Å². The maximum atomic E-state index is 4.58. The minimum Gasteiger partial charge on any atom is -0.356 e. The van der Waals surface area contributed by atoms with Gasteiger partial charge < -0.3 is 20.1 Å². The molecule has 10 heteroatoms. The second-order valence-electron chi connectivity index (χ2n) is 6.97. The van der Waals surface area contributed by atoms with Gasteiger partial charge in [0.1, 0.15) is 11.6 Å². The SMILES string of the molecule is CN=C(NCCCc1nnc2n1CCCCC2)NCc1csc(N(C)C)n1.I. The molecule has 0 amide bonds. The summed E-state index contributed by atoms with van der Waals surface area (Å²) in [6.45, 7) is 2.58. The van der Waals surface area contributed by atoms with Crippen molar-refractivity contribution in [1.82, 2.24) is 30.4 Å². The smallest absolute Gasteiger partial charge is 0.191 e. The van der Waals surface area contributed by atoms with Crippen molar-refractivity contribution < 1.29 is 0 Å². The number of anilines is 1.